The van der Waals surface area contributed by atoms with E-state index in [1.807, 2.05) is 29.9 Å². The predicted molar refractivity (Wildman–Crippen MR) is 122 cm³/mol. The van der Waals surface area contributed by atoms with Gasteiger partial charge >= 0.3 is 0 Å². The van der Waals surface area contributed by atoms with Gasteiger partial charge in [0.05, 0.1) is 5.60 Å². The Kier molecular flexibility index (Phi) is 7.13. The van der Waals surface area contributed by atoms with Crippen LogP contribution in [0.25, 0.3) is 0 Å². The van der Waals surface area contributed by atoms with E-state index >= 15 is 0 Å². The molecular formula is C24H35N5O3. The zero-order chi connectivity index (χ0) is 22.6. The summed E-state index contributed by atoms with van der Waals surface area (Å²) < 4.78 is 7.79. The molecule has 2 saturated heterocycles. The van der Waals surface area contributed by atoms with E-state index in [2.05, 4.69) is 32.2 Å². The number of aliphatic hydroxyl groups is 1. The highest BCUT2D eigenvalue weighted by atomic mass is 16.5. The molecule has 8 nitrogen and oxygen atoms in total. The van der Waals surface area contributed by atoms with Crippen LogP contribution in [0, 0.1) is 0 Å². The van der Waals surface area contributed by atoms with Crippen LogP contribution in [0.2, 0.25) is 0 Å². The molecule has 0 spiro atoms. The number of ether oxygens (including phenoxy) is 1. The smallest absolute Gasteiger partial charge is 0.217 e. The van der Waals surface area contributed by atoms with Gasteiger partial charge in [0.1, 0.15) is 18.2 Å². The zero-order valence-electron chi connectivity index (χ0n) is 19.2. The maximum absolute atomic E-state index is 11.2. The second-order valence-corrected chi connectivity index (χ2v) is 9.32. The lowest BCUT2D eigenvalue weighted by Gasteiger charge is -2.36. The fourth-order valence-corrected chi connectivity index (χ4v) is 4.78. The number of nitrogens with one attached hydrogen (secondary N) is 1. The average Bonchev–Trinajstić information content (AvgIpc) is 3.33. The normalized spacial score (nSPS) is 22.8. The summed E-state index contributed by atoms with van der Waals surface area (Å²) in [5, 5.41) is 14.2. The quantitative estimate of drug-likeness (QED) is 0.647. The highest BCUT2D eigenvalue weighted by Gasteiger charge is 2.38. The van der Waals surface area contributed by atoms with Crippen molar-refractivity contribution in [1.29, 1.82) is 0 Å². The molecule has 2 fully saturated rings. The van der Waals surface area contributed by atoms with Crippen LogP contribution in [-0.4, -0.2) is 74.7 Å². The molecule has 0 radical (unpaired) electrons. The number of rotatable bonds is 8. The zero-order valence-corrected chi connectivity index (χ0v) is 19.2. The lowest BCUT2D eigenvalue weighted by Crippen LogP contribution is -2.50. The van der Waals surface area contributed by atoms with Crippen molar-refractivity contribution < 1.29 is 14.6 Å². The van der Waals surface area contributed by atoms with E-state index in [0.717, 1.165) is 57.0 Å². The molecule has 3 heterocycles. The first-order chi connectivity index (χ1) is 15.4. The van der Waals surface area contributed by atoms with Gasteiger partial charge in [-0.05, 0) is 37.0 Å². The number of nitrogens with zero attached hydrogens (tertiary/aromatic N) is 4. The second-order valence-electron chi connectivity index (χ2n) is 9.32. The number of aromatic nitrogens is 2. The first-order valence-electron chi connectivity index (χ1n) is 11.5. The van der Waals surface area contributed by atoms with Crippen molar-refractivity contribution in [2.45, 2.75) is 51.0 Å². The summed E-state index contributed by atoms with van der Waals surface area (Å²) in [6.07, 6.45) is 6.38. The van der Waals surface area contributed by atoms with E-state index in [4.69, 9.17) is 4.74 Å². The summed E-state index contributed by atoms with van der Waals surface area (Å²) in [5.74, 6) is 1.77. The number of carbonyl (C=O) groups excluding carboxylic acids is 1. The highest BCUT2D eigenvalue weighted by molar-refractivity contribution is 5.73. The monoisotopic (exact) mass is 441 g/mol. The fraction of sp³-hybridized carbons (Fsp3) is 0.583. The maximum Gasteiger partial charge on any atom is 0.217 e. The third-order valence-electron chi connectivity index (χ3n) is 6.54. The lowest BCUT2D eigenvalue weighted by molar-refractivity contribution is -0.120. The number of carbonyl (C=O) groups is 1. The van der Waals surface area contributed by atoms with Crippen LogP contribution in [0.1, 0.15) is 37.6 Å². The molecule has 0 bridgehead atoms. The van der Waals surface area contributed by atoms with Gasteiger partial charge in [0.25, 0.3) is 0 Å². The summed E-state index contributed by atoms with van der Waals surface area (Å²) in [5.41, 5.74) is 0.557. The van der Waals surface area contributed by atoms with E-state index in [1.54, 1.807) is 13.1 Å². The third-order valence-corrected chi connectivity index (χ3v) is 6.54. The molecular weight excluding hydrogens is 406 g/mol. The summed E-state index contributed by atoms with van der Waals surface area (Å²) in [7, 11) is 1.96. The van der Waals surface area contributed by atoms with Gasteiger partial charge < -0.3 is 24.6 Å². The number of aryl methyl sites for hydroxylation is 1. The van der Waals surface area contributed by atoms with Crippen LogP contribution in [-0.2, 0) is 25.0 Å². The van der Waals surface area contributed by atoms with E-state index < -0.39 is 5.60 Å². The number of β-amino-alcohol motifs (C(OH)–C–C–N with tert-alkyl or cyclic N) is 1. The number of hydrogen-bond donors (Lipinski definition) is 2. The molecule has 0 aliphatic carbocycles. The largest absolute Gasteiger partial charge is 0.486 e. The van der Waals surface area contributed by atoms with E-state index in [9.17, 15) is 9.90 Å². The van der Waals surface area contributed by atoms with Crippen LogP contribution in [0.5, 0.6) is 5.75 Å². The number of benzene rings is 1. The van der Waals surface area contributed by atoms with Gasteiger partial charge in [0.15, 0.2) is 0 Å². The Bertz CT molecular complexity index is 891. The number of piperidine rings is 1. The van der Waals surface area contributed by atoms with Gasteiger partial charge in [-0.1, -0.05) is 12.1 Å². The van der Waals surface area contributed by atoms with Gasteiger partial charge in [-0.25, -0.2) is 4.98 Å². The van der Waals surface area contributed by atoms with Crippen LogP contribution < -0.4 is 10.1 Å². The average molecular weight is 442 g/mol. The van der Waals surface area contributed by atoms with Crippen LogP contribution >= 0.6 is 0 Å². The SMILES string of the molecule is CC(=O)NC1CCN(C[C@]2(O)CCN(Cc3ccc(OCc4nccn4C)cc3)C2)CC1. The summed E-state index contributed by atoms with van der Waals surface area (Å²) in [4.78, 5) is 20.2. The maximum atomic E-state index is 11.2. The number of amides is 1. The first kappa shape index (κ1) is 22.8. The van der Waals surface area contributed by atoms with Gasteiger partial charge in [-0.3, -0.25) is 9.69 Å². The summed E-state index contributed by atoms with van der Waals surface area (Å²) in [6.45, 7) is 6.99. The predicted octanol–water partition coefficient (Wildman–Crippen LogP) is 1.54. The molecule has 2 aliphatic rings. The summed E-state index contributed by atoms with van der Waals surface area (Å²) in [6, 6.07) is 8.46. The van der Waals surface area contributed by atoms with Crippen LogP contribution in [0.15, 0.2) is 36.7 Å². The van der Waals surface area contributed by atoms with Gasteiger partial charge in [-0.15, -0.1) is 0 Å². The molecule has 2 aliphatic heterocycles. The van der Waals surface area contributed by atoms with Crippen LogP contribution in [0.3, 0.4) is 0 Å². The van der Waals surface area contributed by atoms with Gasteiger partial charge in [-0.2, -0.15) is 0 Å². The Labute approximate surface area is 190 Å². The molecule has 0 unspecified atom stereocenters. The first-order valence-corrected chi connectivity index (χ1v) is 11.5. The Morgan fingerprint density at radius 2 is 1.97 bits per heavy atom. The van der Waals surface area contributed by atoms with Crippen molar-refractivity contribution in [2.75, 3.05) is 32.7 Å². The van der Waals surface area contributed by atoms with Crippen molar-refractivity contribution in [3.05, 3.63) is 48.0 Å². The minimum absolute atomic E-state index is 0.0428. The van der Waals surface area contributed by atoms with E-state index in [0.29, 0.717) is 19.7 Å². The third kappa shape index (κ3) is 6.09. The molecule has 0 saturated carbocycles. The Morgan fingerprint density at radius 1 is 1.22 bits per heavy atom. The van der Waals surface area contributed by atoms with E-state index in [-0.39, 0.29) is 11.9 Å². The van der Waals surface area contributed by atoms with Crippen LogP contribution in [0.4, 0.5) is 0 Å². The van der Waals surface area contributed by atoms with Crippen molar-refractivity contribution in [3.8, 4) is 5.75 Å². The lowest BCUT2D eigenvalue weighted by atomic mass is 9.99. The van der Waals surface area contributed by atoms with Gasteiger partial charge in [0.2, 0.25) is 5.91 Å². The van der Waals surface area contributed by atoms with Crippen molar-refractivity contribution >= 4 is 5.91 Å². The molecule has 174 valence electrons. The molecule has 1 aromatic heterocycles. The Balaban J connectivity index is 1.21. The molecule has 1 aromatic carbocycles. The second kappa shape index (κ2) is 10.0. The van der Waals surface area contributed by atoms with E-state index in [1.165, 1.54) is 5.56 Å². The topological polar surface area (TPSA) is 82.9 Å². The van der Waals surface area contributed by atoms with Crippen molar-refractivity contribution in [3.63, 3.8) is 0 Å². The molecule has 1 atom stereocenters. The number of imidazole rings is 1. The van der Waals surface area contributed by atoms with Gasteiger partial charge in [0, 0.05) is 71.7 Å². The molecule has 2 aromatic rings. The Morgan fingerprint density at radius 3 is 2.62 bits per heavy atom. The molecule has 2 N–H and O–H groups in total. The number of likely N-dealkylation sites (tertiary alicyclic amines) is 2. The minimum Gasteiger partial charge on any atom is -0.486 e. The molecule has 1 amide bonds. The van der Waals surface area contributed by atoms with Crippen molar-refractivity contribution in [1.82, 2.24) is 24.7 Å². The fourth-order valence-electron chi connectivity index (χ4n) is 4.78. The standard InChI is InChI=1S/C24H35N5O3/c1-19(30)26-21-7-11-28(12-8-21)17-24(31)9-13-29(18-24)15-20-3-5-22(6-4-20)32-16-23-25-10-14-27(23)2/h3-6,10,14,21,31H,7-9,11-13,15-18H2,1-2H3,(H,26,30)/t24-/m1/s1. The Hall–Kier alpha value is -2.42. The molecule has 8 heteroatoms. The minimum atomic E-state index is -0.661. The highest BCUT2D eigenvalue weighted by Crippen LogP contribution is 2.26. The molecule has 32 heavy (non-hydrogen) atoms. The number of hydrogen-bond acceptors (Lipinski definition) is 6. The van der Waals surface area contributed by atoms with Crippen molar-refractivity contribution in [2.24, 2.45) is 7.05 Å². The summed E-state index contributed by atoms with van der Waals surface area (Å²) >= 11 is 0. The molecule has 4 rings (SSSR count).